The maximum atomic E-state index is 13.6. The lowest BCUT2D eigenvalue weighted by atomic mass is 10.2. The number of benzene rings is 1. The smallest absolute Gasteiger partial charge is 0.261 e. The fraction of sp³-hybridized carbons (Fsp3) is 0.143. The maximum Gasteiger partial charge on any atom is 0.261 e. The molecule has 0 aliphatic heterocycles. The Morgan fingerprint density at radius 1 is 1.25 bits per heavy atom. The molecule has 0 saturated carbocycles. The molecule has 0 saturated heterocycles. The predicted molar refractivity (Wildman–Crippen MR) is 67.9 cm³/mol. The fourth-order valence-electron chi connectivity index (χ4n) is 1.82. The van der Waals surface area contributed by atoms with Gasteiger partial charge < -0.3 is 4.90 Å². The third-order valence-corrected chi connectivity index (χ3v) is 2.76. The molecule has 0 fully saturated rings. The molecule has 0 bridgehead atoms. The molecule has 0 N–H and O–H groups in total. The van der Waals surface area contributed by atoms with E-state index in [2.05, 4.69) is 4.98 Å². The van der Waals surface area contributed by atoms with Gasteiger partial charge in [0.05, 0.1) is 5.56 Å². The van der Waals surface area contributed by atoms with Crippen LogP contribution in [0.1, 0.15) is 17.3 Å². The van der Waals surface area contributed by atoms with Gasteiger partial charge in [-0.05, 0) is 31.2 Å². The lowest BCUT2D eigenvalue weighted by Crippen LogP contribution is -2.31. The highest BCUT2D eigenvalue weighted by Crippen LogP contribution is 2.20. The van der Waals surface area contributed by atoms with Crippen molar-refractivity contribution in [1.82, 2.24) is 4.98 Å². The zero-order valence-corrected chi connectivity index (χ0v) is 10.6. The van der Waals surface area contributed by atoms with Crippen molar-refractivity contribution in [1.29, 1.82) is 0 Å². The summed E-state index contributed by atoms with van der Waals surface area (Å²) in [5.41, 5.74) is -0.169. The summed E-state index contributed by atoms with van der Waals surface area (Å²) in [5, 5.41) is 0. The topological polar surface area (TPSA) is 33.2 Å². The second-order valence-corrected chi connectivity index (χ2v) is 3.99. The Morgan fingerprint density at radius 3 is 2.65 bits per heavy atom. The molecule has 0 spiro atoms. The Hall–Kier alpha value is -2.37. The molecule has 20 heavy (non-hydrogen) atoms. The first kappa shape index (κ1) is 14.0. The molecule has 1 aromatic carbocycles. The first-order valence-electron chi connectivity index (χ1n) is 5.92. The summed E-state index contributed by atoms with van der Waals surface area (Å²) >= 11 is 0. The number of hydrogen-bond donors (Lipinski definition) is 0. The summed E-state index contributed by atoms with van der Waals surface area (Å²) in [7, 11) is 0. The normalized spacial score (nSPS) is 10.4. The number of halogens is 3. The van der Waals surface area contributed by atoms with Gasteiger partial charge in [0.2, 0.25) is 5.95 Å². The van der Waals surface area contributed by atoms with Crippen LogP contribution in [-0.4, -0.2) is 17.4 Å². The molecule has 0 unspecified atom stereocenters. The summed E-state index contributed by atoms with van der Waals surface area (Å²) in [4.78, 5) is 16.5. The Labute approximate surface area is 113 Å². The first-order valence-corrected chi connectivity index (χ1v) is 5.92. The standard InChI is InChI=1S/C14H11F3N2O/c1-2-19(10-5-3-4-9(15)8-10)14(20)11-6-7-18-13(17)12(11)16/h3-8H,2H2,1H3. The van der Waals surface area contributed by atoms with Crippen molar-refractivity contribution >= 4 is 11.6 Å². The van der Waals surface area contributed by atoms with Crippen molar-refractivity contribution in [3.8, 4) is 0 Å². The van der Waals surface area contributed by atoms with Crippen LogP contribution in [0.4, 0.5) is 18.9 Å². The lowest BCUT2D eigenvalue weighted by molar-refractivity contribution is 0.0983. The average molecular weight is 280 g/mol. The molecule has 1 aromatic heterocycles. The van der Waals surface area contributed by atoms with Gasteiger partial charge in [0.15, 0.2) is 5.82 Å². The van der Waals surface area contributed by atoms with Gasteiger partial charge in [-0.25, -0.2) is 13.8 Å². The molecule has 1 amide bonds. The van der Waals surface area contributed by atoms with Gasteiger partial charge in [0, 0.05) is 18.4 Å². The van der Waals surface area contributed by atoms with E-state index < -0.39 is 29.1 Å². The SMILES string of the molecule is CCN(C(=O)c1ccnc(F)c1F)c1cccc(F)c1. The third kappa shape index (κ3) is 2.64. The van der Waals surface area contributed by atoms with E-state index >= 15 is 0 Å². The Morgan fingerprint density at radius 2 is 2.00 bits per heavy atom. The minimum atomic E-state index is -1.34. The average Bonchev–Trinajstić information content (AvgIpc) is 2.42. The number of carbonyl (C=O) groups excluding carboxylic acids is 1. The molecule has 0 radical (unpaired) electrons. The summed E-state index contributed by atoms with van der Waals surface area (Å²) in [6.07, 6.45) is 1.01. The van der Waals surface area contributed by atoms with Gasteiger partial charge in [0.1, 0.15) is 5.82 Å². The van der Waals surface area contributed by atoms with Gasteiger partial charge in [-0.15, -0.1) is 0 Å². The number of amides is 1. The number of nitrogens with zero attached hydrogens (tertiary/aromatic N) is 2. The minimum absolute atomic E-state index is 0.186. The van der Waals surface area contributed by atoms with Crippen molar-refractivity contribution in [3.05, 3.63) is 59.7 Å². The van der Waals surface area contributed by atoms with E-state index in [1.54, 1.807) is 6.92 Å². The lowest BCUT2D eigenvalue weighted by Gasteiger charge is -2.21. The Balaban J connectivity index is 2.42. The molecule has 0 aliphatic rings. The van der Waals surface area contributed by atoms with Crippen LogP contribution in [-0.2, 0) is 0 Å². The molecule has 3 nitrogen and oxygen atoms in total. The van der Waals surface area contributed by atoms with Gasteiger partial charge in [-0.3, -0.25) is 4.79 Å². The van der Waals surface area contributed by atoms with E-state index in [0.29, 0.717) is 0 Å². The van der Waals surface area contributed by atoms with Crippen LogP contribution in [0.3, 0.4) is 0 Å². The van der Waals surface area contributed by atoms with Crippen LogP contribution >= 0.6 is 0 Å². The van der Waals surface area contributed by atoms with E-state index in [1.807, 2.05) is 0 Å². The highest BCUT2D eigenvalue weighted by molar-refractivity contribution is 6.06. The van der Waals surface area contributed by atoms with Crippen LogP contribution in [0.15, 0.2) is 36.5 Å². The van der Waals surface area contributed by atoms with Crippen LogP contribution in [0.5, 0.6) is 0 Å². The molecule has 2 rings (SSSR count). The van der Waals surface area contributed by atoms with E-state index in [-0.39, 0.29) is 12.2 Å². The van der Waals surface area contributed by atoms with Crippen molar-refractivity contribution in [2.75, 3.05) is 11.4 Å². The van der Waals surface area contributed by atoms with Gasteiger partial charge in [-0.1, -0.05) is 6.07 Å². The number of carbonyl (C=O) groups is 1. The number of aromatic nitrogens is 1. The monoisotopic (exact) mass is 280 g/mol. The number of pyridine rings is 1. The number of rotatable bonds is 3. The first-order chi connectivity index (χ1) is 9.54. The van der Waals surface area contributed by atoms with E-state index in [4.69, 9.17) is 0 Å². The minimum Gasteiger partial charge on any atom is -0.308 e. The maximum absolute atomic E-state index is 13.6. The number of hydrogen-bond acceptors (Lipinski definition) is 2. The largest absolute Gasteiger partial charge is 0.308 e. The van der Waals surface area contributed by atoms with Crippen molar-refractivity contribution in [2.45, 2.75) is 6.92 Å². The molecular formula is C14H11F3N2O. The van der Waals surface area contributed by atoms with E-state index in [9.17, 15) is 18.0 Å². The van der Waals surface area contributed by atoms with E-state index in [0.717, 1.165) is 23.2 Å². The Bertz CT molecular complexity index is 646. The van der Waals surface area contributed by atoms with Crippen molar-refractivity contribution < 1.29 is 18.0 Å². The summed E-state index contributed by atoms with van der Waals surface area (Å²) in [5.74, 6) is -3.93. The fourth-order valence-corrected chi connectivity index (χ4v) is 1.82. The van der Waals surface area contributed by atoms with Crippen molar-refractivity contribution in [2.24, 2.45) is 0 Å². The van der Waals surface area contributed by atoms with Crippen molar-refractivity contribution in [3.63, 3.8) is 0 Å². The molecule has 2 aromatic rings. The summed E-state index contributed by atoms with van der Waals surface area (Å²) in [6, 6.07) is 6.41. The van der Waals surface area contributed by atoms with Crippen LogP contribution in [0.2, 0.25) is 0 Å². The predicted octanol–water partition coefficient (Wildman–Crippen LogP) is 3.17. The summed E-state index contributed by atoms with van der Waals surface area (Å²) in [6.45, 7) is 1.84. The summed E-state index contributed by atoms with van der Waals surface area (Å²) < 4.78 is 39.8. The van der Waals surface area contributed by atoms with Gasteiger partial charge in [-0.2, -0.15) is 4.39 Å². The van der Waals surface area contributed by atoms with Crippen LogP contribution in [0, 0.1) is 17.6 Å². The molecule has 0 aliphatic carbocycles. The number of anilines is 1. The van der Waals surface area contributed by atoms with E-state index in [1.165, 1.54) is 18.2 Å². The van der Waals surface area contributed by atoms with Crippen LogP contribution < -0.4 is 4.90 Å². The molecular weight excluding hydrogens is 269 g/mol. The molecule has 0 atom stereocenters. The molecule has 104 valence electrons. The highest BCUT2D eigenvalue weighted by Gasteiger charge is 2.22. The zero-order valence-electron chi connectivity index (χ0n) is 10.6. The highest BCUT2D eigenvalue weighted by atomic mass is 19.2. The second kappa shape index (κ2) is 5.73. The van der Waals surface area contributed by atoms with Crippen LogP contribution in [0.25, 0.3) is 0 Å². The van der Waals surface area contributed by atoms with Gasteiger partial charge >= 0.3 is 0 Å². The zero-order chi connectivity index (χ0) is 14.7. The van der Waals surface area contributed by atoms with Gasteiger partial charge in [0.25, 0.3) is 5.91 Å². The molecule has 6 heteroatoms. The molecule has 1 heterocycles. The quantitative estimate of drug-likeness (QED) is 0.809. The third-order valence-electron chi connectivity index (χ3n) is 2.76. The second-order valence-electron chi connectivity index (χ2n) is 3.99. The Kier molecular flexibility index (Phi) is 4.02.